The lowest BCUT2D eigenvalue weighted by Crippen LogP contribution is -2.45. The molecular weight excluding hydrogens is 253 g/mol. The second-order valence-electron chi connectivity index (χ2n) is 4.62. The summed E-state index contributed by atoms with van der Waals surface area (Å²) >= 11 is 0. The third kappa shape index (κ3) is 3.16. The van der Waals surface area contributed by atoms with Gasteiger partial charge in [-0.3, -0.25) is 4.90 Å². The number of nitrogens with one attached hydrogen (secondary N) is 1. The fourth-order valence-electron chi connectivity index (χ4n) is 2.44. The summed E-state index contributed by atoms with van der Waals surface area (Å²) in [4.78, 5) is 2.02. The van der Waals surface area contributed by atoms with Crippen molar-refractivity contribution < 1.29 is 13.2 Å². The Balaban J connectivity index is 2.34. The van der Waals surface area contributed by atoms with Crippen molar-refractivity contribution in [2.75, 3.05) is 26.2 Å². The second kappa shape index (κ2) is 6.21. The first-order valence-electron chi connectivity index (χ1n) is 6.33. The van der Waals surface area contributed by atoms with Crippen molar-refractivity contribution in [2.45, 2.75) is 12.5 Å². The number of piperazine rings is 1. The Labute approximate surface area is 110 Å². The molecule has 1 aliphatic heterocycles. The minimum absolute atomic E-state index is 0.0688. The van der Waals surface area contributed by atoms with E-state index in [1.54, 1.807) is 6.08 Å². The lowest BCUT2D eigenvalue weighted by Gasteiger charge is -2.35. The summed E-state index contributed by atoms with van der Waals surface area (Å²) in [6, 6.07) is 1.28. The van der Waals surface area contributed by atoms with Crippen molar-refractivity contribution in [1.82, 2.24) is 10.2 Å². The number of rotatable bonds is 4. The van der Waals surface area contributed by atoms with Crippen LogP contribution >= 0.6 is 0 Å². The zero-order valence-corrected chi connectivity index (χ0v) is 10.6. The summed E-state index contributed by atoms with van der Waals surface area (Å²) in [5, 5.41) is 3.19. The van der Waals surface area contributed by atoms with E-state index >= 15 is 0 Å². The van der Waals surface area contributed by atoms with Gasteiger partial charge in [-0.1, -0.05) is 6.08 Å². The normalized spacial score (nSPS) is 18.3. The Hall–Kier alpha value is -1.33. The third-order valence-corrected chi connectivity index (χ3v) is 3.36. The van der Waals surface area contributed by atoms with Gasteiger partial charge in [0.1, 0.15) is 5.82 Å². The quantitative estimate of drug-likeness (QED) is 0.668. The minimum Gasteiger partial charge on any atom is -0.314 e. The van der Waals surface area contributed by atoms with Crippen LogP contribution in [-0.4, -0.2) is 31.1 Å². The molecule has 0 bridgehead atoms. The summed E-state index contributed by atoms with van der Waals surface area (Å²) in [6.45, 7) is 6.65. The van der Waals surface area contributed by atoms with E-state index in [9.17, 15) is 13.2 Å². The monoisotopic (exact) mass is 270 g/mol. The molecule has 1 aromatic carbocycles. The van der Waals surface area contributed by atoms with Gasteiger partial charge >= 0.3 is 0 Å². The summed E-state index contributed by atoms with van der Waals surface area (Å²) in [5.74, 6) is -2.86. The molecule has 1 aromatic rings. The lowest BCUT2D eigenvalue weighted by atomic mass is 10.00. The molecule has 1 N–H and O–H groups in total. The van der Waals surface area contributed by atoms with Crippen molar-refractivity contribution in [3.63, 3.8) is 0 Å². The van der Waals surface area contributed by atoms with Crippen LogP contribution < -0.4 is 5.32 Å². The predicted octanol–water partition coefficient (Wildman–Crippen LogP) is 2.63. The Bertz CT molecular complexity index is 456. The van der Waals surface area contributed by atoms with Crippen LogP contribution in [0, 0.1) is 17.5 Å². The van der Waals surface area contributed by atoms with Crippen LogP contribution in [0.1, 0.15) is 18.0 Å². The third-order valence-electron chi connectivity index (χ3n) is 3.36. The lowest BCUT2D eigenvalue weighted by molar-refractivity contribution is 0.170. The first-order valence-corrected chi connectivity index (χ1v) is 6.33. The zero-order chi connectivity index (χ0) is 13.8. The molecule has 1 aliphatic rings. The van der Waals surface area contributed by atoms with E-state index in [0.717, 1.165) is 32.2 Å². The fraction of sp³-hybridized carbons (Fsp3) is 0.429. The predicted molar refractivity (Wildman–Crippen MR) is 68.3 cm³/mol. The van der Waals surface area contributed by atoms with Crippen LogP contribution in [0.5, 0.6) is 0 Å². The summed E-state index contributed by atoms with van der Waals surface area (Å²) in [7, 11) is 0. The molecule has 19 heavy (non-hydrogen) atoms. The number of benzene rings is 1. The first kappa shape index (κ1) is 14.1. The average Bonchev–Trinajstić information content (AvgIpc) is 2.41. The van der Waals surface area contributed by atoms with Crippen LogP contribution in [0.4, 0.5) is 13.2 Å². The van der Waals surface area contributed by atoms with E-state index in [0.29, 0.717) is 12.5 Å². The van der Waals surface area contributed by atoms with Crippen LogP contribution in [0.15, 0.2) is 24.8 Å². The van der Waals surface area contributed by atoms with Crippen LogP contribution in [-0.2, 0) is 0 Å². The van der Waals surface area contributed by atoms with Gasteiger partial charge in [0.25, 0.3) is 0 Å². The number of nitrogens with zero attached hydrogens (tertiary/aromatic N) is 1. The maximum atomic E-state index is 13.9. The molecule has 0 aliphatic carbocycles. The Kier molecular flexibility index (Phi) is 4.61. The molecule has 0 saturated carbocycles. The maximum absolute atomic E-state index is 13.9. The molecule has 104 valence electrons. The Morgan fingerprint density at radius 2 is 1.95 bits per heavy atom. The molecule has 0 spiro atoms. The highest BCUT2D eigenvalue weighted by Gasteiger charge is 2.25. The largest absolute Gasteiger partial charge is 0.314 e. The highest BCUT2D eigenvalue weighted by Crippen LogP contribution is 2.29. The van der Waals surface area contributed by atoms with Gasteiger partial charge in [-0.15, -0.1) is 6.58 Å². The fourth-order valence-corrected chi connectivity index (χ4v) is 2.44. The van der Waals surface area contributed by atoms with Crippen molar-refractivity contribution >= 4 is 0 Å². The molecule has 0 radical (unpaired) electrons. The molecule has 2 nitrogen and oxygen atoms in total. The molecule has 1 heterocycles. The van der Waals surface area contributed by atoms with Crippen molar-refractivity contribution in [2.24, 2.45) is 0 Å². The van der Waals surface area contributed by atoms with E-state index < -0.39 is 17.5 Å². The molecule has 0 amide bonds. The molecule has 1 atom stereocenters. The van der Waals surface area contributed by atoms with Crippen LogP contribution in [0.25, 0.3) is 0 Å². The summed E-state index contributed by atoms with van der Waals surface area (Å²) < 4.78 is 40.5. The average molecular weight is 270 g/mol. The van der Waals surface area contributed by atoms with Crippen LogP contribution in [0.3, 0.4) is 0 Å². The molecular formula is C14H17F3N2. The van der Waals surface area contributed by atoms with Crippen molar-refractivity contribution in [3.05, 3.63) is 47.8 Å². The number of hydrogen-bond acceptors (Lipinski definition) is 2. The van der Waals surface area contributed by atoms with Gasteiger partial charge in [-0.25, -0.2) is 13.2 Å². The standard InChI is InChI=1S/C14H17F3N2/c1-2-3-13(19-6-4-18-5-7-19)11-8-10(15)9-12(16)14(11)17/h2,8-9,13,18H,1,3-7H2/t13-/m1/s1. The van der Waals surface area contributed by atoms with Gasteiger partial charge in [0.05, 0.1) is 0 Å². The minimum atomic E-state index is -1.14. The van der Waals surface area contributed by atoms with Gasteiger partial charge in [0.15, 0.2) is 11.6 Å². The van der Waals surface area contributed by atoms with Gasteiger partial charge in [0.2, 0.25) is 0 Å². The van der Waals surface area contributed by atoms with E-state index in [2.05, 4.69) is 11.9 Å². The number of hydrogen-bond donors (Lipinski definition) is 1. The number of halogens is 3. The van der Waals surface area contributed by atoms with Gasteiger partial charge in [-0.2, -0.15) is 0 Å². The highest BCUT2D eigenvalue weighted by molar-refractivity contribution is 5.24. The van der Waals surface area contributed by atoms with E-state index in [1.165, 1.54) is 0 Å². The highest BCUT2D eigenvalue weighted by atomic mass is 19.2. The van der Waals surface area contributed by atoms with Gasteiger partial charge in [0, 0.05) is 43.9 Å². The van der Waals surface area contributed by atoms with E-state index in [-0.39, 0.29) is 11.6 Å². The topological polar surface area (TPSA) is 15.3 Å². The van der Waals surface area contributed by atoms with Crippen molar-refractivity contribution in [1.29, 1.82) is 0 Å². The van der Waals surface area contributed by atoms with Crippen LogP contribution in [0.2, 0.25) is 0 Å². The molecule has 1 fully saturated rings. The SMILES string of the molecule is C=CC[C@H](c1cc(F)cc(F)c1F)N1CCNCC1. The molecule has 1 saturated heterocycles. The maximum Gasteiger partial charge on any atom is 0.163 e. The van der Waals surface area contributed by atoms with E-state index in [4.69, 9.17) is 0 Å². The molecule has 0 aromatic heterocycles. The zero-order valence-electron chi connectivity index (χ0n) is 10.6. The summed E-state index contributed by atoms with van der Waals surface area (Å²) in [5.41, 5.74) is 0.0688. The van der Waals surface area contributed by atoms with E-state index in [1.807, 2.05) is 4.90 Å². The summed E-state index contributed by atoms with van der Waals surface area (Å²) in [6.07, 6.45) is 2.11. The van der Waals surface area contributed by atoms with Gasteiger partial charge < -0.3 is 5.32 Å². The molecule has 2 rings (SSSR count). The first-order chi connectivity index (χ1) is 9.13. The Morgan fingerprint density at radius 1 is 1.26 bits per heavy atom. The van der Waals surface area contributed by atoms with Crippen molar-refractivity contribution in [3.8, 4) is 0 Å². The molecule has 0 unspecified atom stereocenters. The van der Waals surface area contributed by atoms with Gasteiger partial charge in [-0.05, 0) is 12.5 Å². The second-order valence-corrected chi connectivity index (χ2v) is 4.62. The smallest absolute Gasteiger partial charge is 0.163 e. The Morgan fingerprint density at radius 3 is 2.58 bits per heavy atom. The molecule has 5 heteroatoms.